The van der Waals surface area contributed by atoms with Gasteiger partial charge in [-0.3, -0.25) is 4.79 Å². The number of hydrogen-bond donors (Lipinski definition) is 3. The van der Waals surface area contributed by atoms with E-state index >= 15 is 0 Å². The van der Waals surface area contributed by atoms with Crippen molar-refractivity contribution in [2.24, 2.45) is 16.8 Å². The van der Waals surface area contributed by atoms with E-state index in [9.17, 15) is 4.79 Å². The zero-order chi connectivity index (χ0) is 14.0. The van der Waals surface area contributed by atoms with Crippen molar-refractivity contribution >= 4 is 11.7 Å². The number of amidine groups is 1. The number of nitrogens with two attached hydrogens (primary N) is 1. The molecule has 6 nitrogen and oxygen atoms in total. The molecular weight excluding hydrogens is 234 g/mol. The van der Waals surface area contributed by atoms with E-state index in [1.165, 1.54) is 0 Å². The van der Waals surface area contributed by atoms with Gasteiger partial charge in [0.05, 0.1) is 18.6 Å². The molecule has 0 spiro atoms. The summed E-state index contributed by atoms with van der Waals surface area (Å²) < 4.78 is 5.06. The minimum absolute atomic E-state index is 0.0293. The fourth-order valence-corrected chi connectivity index (χ4v) is 1.82. The van der Waals surface area contributed by atoms with Gasteiger partial charge >= 0.3 is 0 Å². The Morgan fingerprint density at radius 2 is 2.00 bits per heavy atom. The van der Waals surface area contributed by atoms with Crippen molar-refractivity contribution in [2.75, 3.05) is 13.7 Å². The third-order valence-electron chi connectivity index (χ3n) is 2.72. The second-order valence-electron chi connectivity index (χ2n) is 4.32. The number of rotatable bonds is 9. The van der Waals surface area contributed by atoms with Crippen LogP contribution in [0.15, 0.2) is 5.16 Å². The largest absolute Gasteiger partial charge is 0.409 e. The first kappa shape index (κ1) is 16.7. The Labute approximate surface area is 109 Å². The topological polar surface area (TPSA) is 96.9 Å². The molecule has 0 aromatic carbocycles. The molecule has 0 bridgehead atoms. The maximum absolute atomic E-state index is 12.1. The lowest BCUT2D eigenvalue weighted by Crippen LogP contribution is -2.45. The van der Waals surface area contributed by atoms with Crippen LogP contribution in [-0.2, 0) is 9.53 Å². The van der Waals surface area contributed by atoms with Crippen LogP contribution in [-0.4, -0.2) is 36.7 Å². The van der Waals surface area contributed by atoms with Gasteiger partial charge in [0.1, 0.15) is 0 Å². The molecule has 1 amide bonds. The van der Waals surface area contributed by atoms with E-state index in [4.69, 9.17) is 15.7 Å². The zero-order valence-electron chi connectivity index (χ0n) is 11.5. The van der Waals surface area contributed by atoms with Crippen LogP contribution in [0.3, 0.4) is 0 Å². The lowest BCUT2D eigenvalue weighted by atomic mass is 10.0. The van der Waals surface area contributed by atoms with Crippen molar-refractivity contribution in [1.29, 1.82) is 0 Å². The number of nitrogens with one attached hydrogen (secondary N) is 1. The highest BCUT2D eigenvalue weighted by molar-refractivity contribution is 6.02. The van der Waals surface area contributed by atoms with E-state index in [-0.39, 0.29) is 17.8 Å². The Bertz CT molecular complexity index is 263. The van der Waals surface area contributed by atoms with E-state index < -0.39 is 5.92 Å². The number of nitrogens with zero attached hydrogens (tertiary/aromatic N) is 1. The number of carbonyl (C=O) groups excluding carboxylic acids is 1. The smallest absolute Gasteiger partial charge is 0.231 e. The summed E-state index contributed by atoms with van der Waals surface area (Å²) >= 11 is 0. The van der Waals surface area contributed by atoms with Gasteiger partial charge in [0.25, 0.3) is 0 Å². The van der Waals surface area contributed by atoms with Gasteiger partial charge in [0.2, 0.25) is 5.91 Å². The molecule has 2 atom stereocenters. The van der Waals surface area contributed by atoms with E-state index in [0.29, 0.717) is 13.0 Å². The number of amides is 1. The summed E-state index contributed by atoms with van der Waals surface area (Å²) in [6.07, 6.45) is 3.15. The third-order valence-corrected chi connectivity index (χ3v) is 2.72. The molecule has 0 aliphatic heterocycles. The SMILES string of the molecule is CCCC(COC)NC(=O)C(CCC)C(N)=NO. The van der Waals surface area contributed by atoms with E-state index in [1.54, 1.807) is 7.11 Å². The number of carbonyl (C=O) groups is 1. The highest BCUT2D eigenvalue weighted by Crippen LogP contribution is 2.08. The zero-order valence-corrected chi connectivity index (χ0v) is 11.5. The fourth-order valence-electron chi connectivity index (χ4n) is 1.82. The predicted octanol–water partition coefficient (Wildman–Crippen LogP) is 1.08. The van der Waals surface area contributed by atoms with Crippen LogP contribution in [0.1, 0.15) is 39.5 Å². The summed E-state index contributed by atoms with van der Waals surface area (Å²) in [4.78, 5) is 12.1. The minimum Gasteiger partial charge on any atom is -0.409 e. The number of oxime groups is 1. The average Bonchev–Trinajstić information content (AvgIpc) is 2.35. The Balaban J connectivity index is 4.55. The standard InChI is InChI=1S/C12H25N3O3/c1-4-6-9(8-18-3)14-12(16)10(7-5-2)11(13)15-17/h9-10,17H,4-8H2,1-3H3,(H2,13,15)(H,14,16). The monoisotopic (exact) mass is 259 g/mol. The van der Waals surface area contributed by atoms with Gasteiger partial charge in [-0.05, 0) is 12.8 Å². The van der Waals surface area contributed by atoms with Gasteiger partial charge in [-0.15, -0.1) is 0 Å². The summed E-state index contributed by atoms with van der Waals surface area (Å²) in [5.41, 5.74) is 5.54. The van der Waals surface area contributed by atoms with Gasteiger partial charge in [-0.2, -0.15) is 0 Å². The van der Waals surface area contributed by atoms with Crippen molar-refractivity contribution < 1.29 is 14.7 Å². The average molecular weight is 259 g/mol. The molecule has 6 heteroatoms. The Morgan fingerprint density at radius 1 is 1.39 bits per heavy atom. The predicted molar refractivity (Wildman–Crippen MR) is 70.5 cm³/mol. The normalized spacial score (nSPS) is 15.2. The van der Waals surface area contributed by atoms with Gasteiger partial charge in [-0.1, -0.05) is 31.8 Å². The molecule has 0 heterocycles. The molecule has 0 aromatic rings. The third kappa shape index (κ3) is 5.86. The molecule has 0 fully saturated rings. The van der Waals surface area contributed by atoms with Crippen LogP contribution in [0.4, 0.5) is 0 Å². The van der Waals surface area contributed by atoms with Gasteiger partial charge in [0, 0.05) is 7.11 Å². The first-order valence-electron chi connectivity index (χ1n) is 6.37. The van der Waals surface area contributed by atoms with Crippen LogP contribution in [0.5, 0.6) is 0 Å². The van der Waals surface area contributed by atoms with Crippen molar-refractivity contribution in [3.8, 4) is 0 Å². The maximum Gasteiger partial charge on any atom is 0.231 e. The summed E-state index contributed by atoms with van der Waals surface area (Å²) in [5.74, 6) is -0.819. The van der Waals surface area contributed by atoms with Gasteiger partial charge < -0.3 is 21.0 Å². The Kier molecular flexibility index (Phi) is 9.00. The summed E-state index contributed by atoms with van der Waals surface area (Å²) in [5, 5.41) is 14.5. The first-order chi connectivity index (χ1) is 8.60. The highest BCUT2D eigenvalue weighted by Gasteiger charge is 2.24. The van der Waals surface area contributed by atoms with Crippen molar-refractivity contribution in [1.82, 2.24) is 5.32 Å². The molecule has 106 valence electrons. The van der Waals surface area contributed by atoms with E-state index in [0.717, 1.165) is 19.3 Å². The maximum atomic E-state index is 12.1. The Hall–Kier alpha value is -1.30. The quantitative estimate of drug-likeness (QED) is 0.250. The lowest BCUT2D eigenvalue weighted by molar-refractivity contribution is -0.124. The second-order valence-corrected chi connectivity index (χ2v) is 4.32. The van der Waals surface area contributed by atoms with Crippen molar-refractivity contribution in [3.05, 3.63) is 0 Å². The number of methoxy groups -OCH3 is 1. The van der Waals surface area contributed by atoms with Crippen LogP contribution in [0.2, 0.25) is 0 Å². The van der Waals surface area contributed by atoms with Crippen LogP contribution < -0.4 is 11.1 Å². The van der Waals surface area contributed by atoms with Crippen molar-refractivity contribution in [2.45, 2.75) is 45.6 Å². The second kappa shape index (κ2) is 9.70. The summed E-state index contributed by atoms with van der Waals surface area (Å²) in [6.45, 7) is 4.46. The summed E-state index contributed by atoms with van der Waals surface area (Å²) in [6, 6.07) is -0.0293. The Morgan fingerprint density at radius 3 is 2.44 bits per heavy atom. The molecule has 0 radical (unpaired) electrons. The number of ether oxygens (including phenoxy) is 1. The molecule has 0 aliphatic rings. The molecule has 0 saturated carbocycles. The summed E-state index contributed by atoms with van der Waals surface area (Å²) in [7, 11) is 1.60. The molecule has 18 heavy (non-hydrogen) atoms. The molecule has 4 N–H and O–H groups in total. The molecule has 0 aliphatic carbocycles. The van der Waals surface area contributed by atoms with Crippen LogP contribution >= 0.6 is 0 Å². The highest BCUT2D eigenvalue weighted by atomic mass is 16.5. The molecule has 0 rings (SSSR count). The van der Waals surface area contributed by atoms with E-state index in [1.807, 2.05) is 13.8 Å². The molecular formula is C12H25N3O3. The van der Waals surface area contributed by atoms with Crippen LogP contribution in [0.25, 0.3) is 0 Å². The number of hydrogen-bond acceptors (Lipinski definition) is 4. The first-order valence-corrected chi connectivity index (χ1v) is 6.37. The van der Waals surface area contributed by atoms with Crippen LogP contribution in [0, 0.1) is 5.92 Å². The van der Waals surface area contributed by atoms with Gasteiger partial charge in [-0.25, -0.2) is 0 Å². The fraction of sp³-hybridized carbons (Fsp3) is 0.833. The minimum atomic E-state index is -0.573. The lowest BCUT2D eigenvalue weighted by Gasteiger charge is -2.21. The van der Waals surface area contributed by atoms with Gasteiger partial charge in [0.15, 0.2) is 5.84 Å². The molecule has 0 aromatic heterocycles. The van der Waals surface area contributed by atoms with E-state index in [2.05, 4.69) is 10.5 Å². The molecule has 2 unspecified atom stereocenters. The molecule has 0 saturated heterocycles. The van der Waals surface area contributed by atoms with Crippen molar-refractivity contribution in [3.63, 3.8) is 0 Å².